The molecule has 0 radical (unpaired) electrons. The summed E-state index contributed by atoms with van der Waals surface area (Å²) in [5.41, 5.74) is 0.180. The van der Waals surface area contributed by atoms with Gasteiger partial charge in [0.15, 0.2) is 0 Å². The van der Waals surface area contributed by atoms with Gasteiger partial charge in [0.25, 0.3) is 5.24 Å². The molecule has 5 nitrogen and oxygen atoms in total. The largest absolute Gasteiger partial charge is 0.494 e. The number of nitrogens with one attached hydrogen (secondary N) is 1. The Morgan fingerprint density at radius 2 is 1.91 bits per heavy atom. The Morgan fingerprint density at radius 3 is 2.62 bits per heavy atom. The molecule has 0 atom stereocenters. The summed E-state index contributed by atoms with van der Waals surface area (Å²) >= 11 is 0.957. The Morgan fingerprint density at radius 1 is 1.12 bits per heavy atom. The zero-order valence-corrected chi connectivity index (χ0v) is 17.6. The second-order valence-electron chi connectivity index (χ2n) is 6.69. The number of furan rings is 1. The molecule has 0 saturated carbocycles. The van der Waals surface area contributed by atoms with Crippen LogP contribution in [0.1, 0.15) is 18.2 Å². The summed E-state index contributed by atoms with van der Waals surface area (Å²) < 4.78 is 50.0. The number of carbonyl (C=O) groups is 1. The second-order valence-corrected chi connectivity index (χ2v) is 7.71. The van der Waals surface area contributed by atoms with Gasteiger partial charge in [0, 0.05) is 5.56 Å². The highest BCUT2D eigenvalue weighted by Crippen LogP contribution is 2.34. The van der Waals surface area contributed by atoms with Crippen LogP contribution >= 0.6 is 11.8 Å². The van der Waals surface area contributed by atoms with Gasteiger partial charge in [-0.2, -0.15) is 13.2 Å². The van der Waals surface area contributed by atoms with Crippen molar-refractivity contribution >= 4 is 34.6 Å². The lowest BCUT2D eigenvalue weighted by atomic mass is 10.1. The smallest absolute Gasteiger partial charge is 0.416 e. The number of halogens is 3. The summed E-state index contributed by atoms with van der Waals surface area (Å²) in [6.07, 6.45) is -2.82. The molecule has 4 rings (SSSR count). The quantitative estimate of drug-likeness (QED) is 0.452. The number of hydrogen-bond donors (Lipinski definition) is 1. The second kappa shape index (κ2) is 8.96. The highest BCUT2D eigenvalue weighted by atomic mass is 32.2. The van der Waals surface area contributed by atoms with Crippen LogP contribution in [0, 0.1) is 0 Å². The molecule has 1 aliphatic heterocycles. The van der Waals surface area contributed by atoms with Gasteiger partial charge in [-0.3, -0.25) is 4.79 Å². The Bertz CT molecular complexity index is 1200. The number of amidine groups is 1. The molecular weight excluding hydrogens is 441 g/mol. The molecule has 2 aromatic carbocycles. The highest BCUT2D eigenvalue weighted by Gasteiger charge is 2.30. The van der Waals surface area contributed by atoms with E-state index < -0.39 is 11.7 Å². The van der Waals surface area contributed by atoms with E-state index in [1.807, 2.05) is 6.92 Å². The standard InChI is InChI=1S/C23H17F3N2O3S/c1-2-30-17-8-6-16(7-9-17)27-21-20(32-22(29)28-21)13-18-10-11-19(31-18)14-4-3-5-15(12-14)23(24,25)26/h3-13H,2H2,1H3,(H,27,28,29). The van der Waals surface area contributed by atoms with Gasteiger partial charge in [0.1, 0.15) is 23.1 Å². The van der Waals surface area contributed by atoms with E-state index >= 15 is 0 Å². The summed E-state index contributed by atoms with van der Waals surface area (Å²) in [4.78, 5) is 16.9. The number of hydrogen-bond acceptors (Lipinski definition) is 5. The molecule has 32 heavy (non-hydrogen) atoms. The molecule has 1 amide bonds. The fourth-order valence-electron chi connectivity index (χ4n) is 2.99. The van der Waals surface area contributed by atoms with E-state index in [9.17, 15) is 18.0 Å². The molecule has 1 aliphatic rings. The van der Waals surface area contributed by atoms with E-state index in [4.69, 9.17) is 9.15 Å². The minimum absolute atomic E-state index is 0.286. The number of carbonyl (C=O) groups excluding carboxylic acids is 1. The van der Waals surface area contributed by atoms with Crippen molar-refractivity contribution in [2.45, 2.75) is 13.1 Å². The lowest BCUT2D eigenvalue weighted by molar-refractivity contribution is -0.137. The number of nitrogens with zero attached hydrogens (tertiary/aromatic N) is 1. The first kappa shape index (κ1) is 21.8. The minimum atomic E-state index is -4.44. The molecular formula is C23H17F3N2O3S. The Hall–Kier alpha value is -3.46. The monoisotopic (exact) mass is 458 g/mol. The van der Waals surface area contributed by atoms with Crippen molar-refractivity contribution < 1.29 is 27.1 Å². The first-order valence-corrected chi connectivity index (χ1v) is 10.4. The summed E-state index contributed by atoms with van der Waals surface area (Å²) in [6, 6.07) is 15.2. The van der Waals surface area contributed by atoms with Crippen LogP contribution < -0.4 is 10.1 Å². The summed E-state index contributed by atoms with van der Waals surface area (Å²) in [7, 11) is 0. The van der Waals surface area contributed by atoms with Crippen molar-refractivity contribution in [2.75, 3.05) is 6.61 Å². The van der Waals surface area contributed by atoms with Gasteiger partial charge in [0.2, 0.25) is 0 Å². The number of ether oxygens (including phenoxy) is 1. The van der Waals surface area contributed by atoms with Crippen LogP contribution in [0.5, 0.6) is 5.75 Å². The lowest BCUT2D eigenvalue weighted by Crippen LogP contribution is -2.18. The number of thioether (sulfide) groups is 1. The zero-order valence-electron chi connectivity index (χ0n) is 16.8. The van der Waals surface area contributed by atoms with E-state index in [0.717, 1.165) is 29.6 Å². The van der Waals surface area contributed by atoms with Gasteiger partial charge in [-0.05, 0) is 73.3 Å². The van der Waals surface area contributed by atoms with E-state index in [1.165, 1.54) is 6.07 Å². The Kier molecular flexibility index (Phi) is 6.09. The molecule has 0 aliphatic carbocycles. The Labute approximate surface area is 186 Å². The van der Waals surface area contributed by atoms with Crippen molar-refractivity contribution in [1.82, 2.24) is 5.32 Å². The summed E-state index contributed by atoms with van der Waals surface area (Å²) in [6.45, 7) is 2.45. The molecule has 9 heteroatoms. The summed E-state index contributed by atoms with van der Waals surface area (Å²) in [5, 5.41) is 2.40. The van der Waals surface area contributed by atoms with Crippen molar-refractivity contribution in [2.24, 2.45) is 4.99 Å². The number of benzene rings is 2. The van der Waals surface area contributed by atoms with E-state index in [-0.39, 0.29) is 11.0 Å². The van der Waals surface area contributed by atoms with Crippen molar-refractivity contribution in [3.8, 4) is 17.1 Å². The number of rotatable bonds is 5. The summed E-state index contributed by atoms with van der Waals surface area (Å²) in [5.74, 6) is 1.75. The molecule has 0 spiro atoms. The van der Waals surface area contributed by atoms with Crippen LogP contribution in [0.15, 0.2) is 75.0 Å². The number of amides is 1. The van der Waals surface area contributed by atoms with Crippen molar-refractivity contribution in [1.29, 1.82) is 0 Å². The predicted octanol–water partition coefficient (Wildman–Crippen LogP) is 6.89. The lowest BCUT2D eigenvalue weighted by Gasteiger charge is -2.07. The van der Waals surface area contributed by atoms with Gasteiger partial charge < -0.3 is 14.5 Å². The molecule has 0 unspecified atom stereocenters. The molecule has 2 heterocycles. The van der Waals surface area contributed by atoms with Gasteiger partial charge in [0.05, 0.1) is 22.8 Å². The van der Waals surface area contributed by atoms with Crippen LogP contribution in [0.3, 0.4) is 0 Å². The van der Waals surface area contributed by atoms with Gasteiger partial charge in [-0.1, -0.05) is 12.1 Å². The molecule has 1 fully saturated rings. The maximum Gasteiger partial charge on any atom is 0.416 e. The number of alkyl halides is 3. The molecule has 1 saturated heterocycles. The third kappa shape index (κ3) is 5.05. The van der Waals surface area contributed by atoms with E-state index in [2.05, 4.69) is 10.3 Å². The van der Waals surface area contributed by atoms with Crippen LogP contribution in [0.2, 0.25) is 0 Å². The van der Waals surface area contributed by atoms with Crippen molar-refractivity contribution in [3.63, 3.8) is 0 Å². The average Bonchev–Trinajstić information content (AvgIpc) is 3.36. The van der Waals surface area contributed by atoms with E-state index in [0.29, 0.717) is 34.4 Å². The van der Waals surface area contributed by atoms with Crippen LogP contribution in [0.25, 0.3) is 17.4 Å². The average molecular weight is 458 g/mol. The minimum Gasteiger partial charge on any atom is -0.494 e. The SMILES string of the molecule is CCOc1ccc(N=C2NC(=O)SC2=Cc2ccc(-c3cccc(C(F)(F)F)c3)o2)cc1. The molecule has 1 N–H and O–H groups in total. The van der Waals surface area contributed by atoms with E-state index in [1.54, 1.807) is 48.5 Å². The van der Waals surface area contributed by atoms with Crippen molar-refractivity contribution in [3.05, 3.63) is 76.9 Å². The third-order valence-corrected chi connectivity index (χ3v) is 5.24. The highest BCUT2D eigenvalue weighted by molar-refractivity contribution is 8.18. The maximum atomic E-state index is 13.0. The van der Waals surface area contributed by atoms with Gasteiger partial charge >= 0.3 is 6.18 Å². The molecule has 3 aromatic rings. The van der Waals surface area contributed by atoms with Gasteiger partial charge in [-0.25, -0.2) is 4.99 Å². The fourth-order valence-corrected chi connectivity index (χ4v) is 3.70. The predicted molar refractivity (Wildman–Crippen MR) is 118 cm³/mol. The van der Waals surface area contributed by atoms with Crippen LogP contribution in [0.4, 0.5) is 23.7 Å². The number of aliphatic imine (C=N–C) groups is 1. The molecule has 1 aromatic heterocycles. The zero-order chi connectivity index (χ0) is 22.7. The topological polar surface area (TPSA) is 63.8 Å². The third-order valence-electron chi connectivity index (χ3n) is 4.42. The first-order chi connectivity index (χ1) is 15.3. The van der Waals surface area contributed by atoms with Gasteiger partial charge in [-0.15, -0.1) is 0 Å². The van der Waals surface area contributed by atoms with Crippen LogP contribution in [-0.4, -0.2) is 17.7 Å². The molecule has 164 valence electrons. The molecule has 0 bridgehead atoms. The van der Waals surface area contributed by atoms with Crippen LogP contribution in [-0.2, 0) is 6.18 Å². The maximum absolute atomic E-state index is 13.0. The fraction of sp³-hybridized carbons (Fsp3) is 0.130. The first-order valence-electron chi connectivity index (χ1n) is 9.62. The Balaban J connectivity index is 1.59. The normalized spacial score (nSPS) is 16.6.